The summed E-state index contributed by atoms with van der Waals surface area (Å²) in [7, 11) is 1.85. The molecule has 1 saturated heterocycles. The molecule has 31 heavy (non-hydrogen) atoms. The van der Waals surface area contributed by atoms with E-state index in [9.17, 15) is 9.59 Å². The van der Waals surface area contributed by atoms with Gasteiger partial charge in [-0.05, 0) is 48.7 Å². The minimum absolute atomic E-state index is 0.0289. The molecule has 1 aliphatic rings. The number of para-hydroxylation sites is 1. The van der Waals surface area contributed by atoms with Gasteiger partial charge in [-0.1, -0.05) is 64.5 Å². The van der Waals surface area contributed by atoms with Gasteiger partial charge in [0.2, 0.25) is 5.91 Å². The van der Waals surface area contributed by atoms with Gasteiger partial charge >= 0.3 is 0 Å². The molecule has 4 nitrogen and oxygen atoms in total. The van der Waals surface area contributed by atoms with Crippen molar-refractivity contribution in [3.8, 4) is 11.1 Å². The van der Waals surface area contributed by atoms with Crippen molar-refractivity contribution in [1.82, 2.24) is 4.90 Å². The van der Waals surface area contributed by atoms with Crippen LogP contribution in [0.4, 0.5) is 5.69 Å². The fraction of sp³-hybridized carbons (Fsp3) is 0.231. The van der Waals surface area contributed by atoms with E-state index in [-0.39, 0.29) is 17.7 Å². The number of carbonyl (C=O) groups excluding carboxylic acids is 2. The van der Waals surface area contributed by atoms with E-state index in [0.717, 1.165) is 21.3 Å². The fourth-order valence-corrected chi connectivity index (χ4v) is 4.39. The molecule has 0 unspecified atom stereocenters. The van der Waals surface area contributed by atoms with E-state index < -0.39 is 0 Å². The van der Waals surface area contributed by atoms with Gasteiger partial charge in [0.05, 0.1) is 5.69 Å². The number of anilines is 1. The van der Waals surface area contributed by atoms with Crippen LogP contribution in [0.2, 0.25) is 0 Å². The molecular weight excluding hydrogens is 452 g/mol. The molecule has 0 aliphatic carbocycles. The van der Waals surface area contributed by atoms with Gasteiger partial charge in [-0.2, -0.15) is 0 Å². The summed E-state index contributed by atoms with van der Waals surface area (Å²) in [4.78, 5) is 29.7. The van der Waals surface area contributed by atoms with Gasteiger partial charge in [-0.3, -0.25) is 9.59 Å². The van der Waals surface area contributed by atoms with Gasteiger partial charge in [0.25, 0.3) is 5.91 Å². The van der Waals surface area contributed by atoms with Crippen LogP contribution in [0.25, 0.3) is 11.1 Å². The largest absolute Gasteiger partial charge is 0.339 e. The third kappa shape index (κ3) is 4.72. The second-order valence-corrected chi connectivity index (χ2v) is 8.77. The van der Waals surface area contributed by atoms with Crippen LogP contribution >= 0.6 is 15.9 Å². The van der Waals surface area contributed by atoms with Crippen molar-refractivity contribution >= 4 is 33.4 Å². The van der Waals surface area contributed by atoms with E-state index in [1.54, 1.807) is 4.90 Å². The summed E-state index contributed by atoms with van der Waals surface area (Å²) in [6.45, 7) is 1.19. The zero-order valence-corrected chi connectivity index (χ0v) is 19.1. The lowest BCUT2D eigenvalue weighted by Gasteiger charge is -2.33. The van der Waals surface area contributed by atoms with Crippen molar-refractivity contribution < 1.29 is 9.59 Å². The number of benzene rings is 3. The quantitative estimate of drug-likeness (QED) is 0.489. The number of nitrogens with zero attached hydrogens (tertiary/aromatic N) is 2. The Bertz CT molecular complexity index is 1060. The minimum atomic E-state index is -0.0807. The van der Waals surface area contributed by atoms with Crippen LogP contribution in [-0.4, -0.2) is 36.9 Å². The van der Waals surface area contributed by atoms with E-state index >= 15 is 0 Å². The van der Waals surface area contributed by atoms with Crippen LogP contribution < -0.4 is 4.90 Å². The molecule has 0 saturated carbocycles. The van der Waals surface area contributed by atoms with Gasteiger partial charge in [-0.15, -0.1) is 0 Å². The van der Waals surface area contributed by atoms with Crippen molar-refractivity contribution in [3.05, 3.63) is 88.9 Å². The molecule has 0 bridgehead atoms. The molecule has 0 aromatic heterocycles. The van der Waals surface area contributed by atoms with Crippen LogP contribution in [0.3, 0.4) is 0 Å². The van der Waals surface area contributed by atoms with Crippen LogP contribution in [0, 0.1) is 5.92 Å². The lowest BCUT2D eigenvalue weighted by Crippen LogP contribution is -2.43. The lowest BCUT2D eigenvalue weighted by atomic mass is 9.94. The monoisotopic (exact) mass is 476 g/mol. The van der Waals surface area contributed by atoms with E-state index in [1.807, 2.05) is 78.7 Å². The maximum atomic E-state index is 13.3. The van der Waals surface area contributed by atoms with Gasteiger partial charge in [0.1, 0.15) is 0 Å². The number of hydrogen-bond donors (Lipinski definition) is 0. The number of rotatable bonds is 4. The summed E-state index contributed by atoms with van der Waals surface area (Å²) in [5.74, 6) is 0.0584. The average molecular weight is 477 g/mol. The van der Waals surface area contributed by atoms with Gasteiger partial charge in [0, 0.05) is 41.7 Å². The maximum absolute atomic E-state index is 13.3. The molecular formula is C26H25BrN2O2. The first kappa shape index (κ1) is 21.3. The van der Waals surface area contributed by atoms with Crippen molar-refractivity contribution in [2.24, 2.45) is 5.92 Å². The number of hydrogen-bond acceptors (Lipinski definition) is 2. The first-order valence-corrected chi connectivity index (χ1v) is 11.3. The number of carbonyl (C=O) groups is 2. The number of amides is 2. The molecule has 0 spiro atoms. The van der Waals surface area contributed by atoms with Crippen molar-refractivity contribution in [1.29, 1.82) is 0 Å². The van der Waals surface area contributed by atoms with E-state index in [2.05, 4.69) is 28.1 Å². The van der Waals surface area contributed by atoms with Gasteiger partial charge in [-0.25, -0.2) is 0 Å². The molecule has 1 heterocycles. The number of halogens is 1. The van der Waals surface area contributed by atoms with Crippen molar-refractivity contribution in [2.45, 2.75) is 12.8 Å². The van der Waals surface area contributed by atoms with E-state index in [4.69, 9.17) is 0 Å². The maximum Gasteiger partial charge on any atom is 0.253 e. The Labute approximate surface area is 191 Å². The van der Waals surface area contributed by atoms with Crippen LogP contribution in [0.15, 0.2) is 83.3 Å². The second-order valence-electron chi connectivity index (χ2n) is 7.85. The van der Waals surface area contributed by atoms with E-state index in [0.29, 0.717) is 31.5 Å². The normalized spacial score (nSPS) is 14.3. The topological polar surface area (TPSA) is 40.6 Å². The molecule has 0 radical (unpaired) electrons. The molecule has 3 aromatic carbocycles. The van der Waals surface area contributed by atoms with Gasteiger partial charge in [0.15, 0.2) is 0 Å². The first-order valence-electron chi connectivity index (χ1n) is 10.5. The zero-order valence-electron chi connectivity index (χ0n) is 17.5. The Hall–Kier alpha value is -2.92. The Balaban J connectivity index is 1.44. The highest BCUT2D eigenvalue weighted by Crippen LogP contribution is 2.32. The molecule has 5 heteroatoms. The predicted octanol–water partition coefficient (Wildman–Crippen LogP) is 5.63. The summed E-state index contributed by atoms with van der Waals surface area (Å²) in [6.07, 6.45) is 1.36. The molecule has 1 fully saturated rings. The highest BCUT2D eigenvalue weighted by molar-refractivity contribution is 9.10. The van der Waals surface area contributed by atoms with E-state index in [1.165, 1.54) is 0 Å². The van der Waals surface area contributed by atoms with Crippen LogP contribution in [-0.2, 0) is 4.79 Å². The molecule has 0 atom stereocenters. The highest BCUT2D eigenvalue weighted by atomic mass is 79.9. The second kappa shape index (κ2) is 9.48. The SMILES string of the molecule is CN(C(=O)C1CCN(C(=O)c2ccc(Br)cc2)CC1)c1ccccc1-c1ccccc1. The molecule has 158 valence electrons. The van der Waals surface area contributed by atoms with Gasteiger partial charge < -0.3 is 9.80 Å². The molecule has 1 aliphatic heterocycles. The summed E-state index contributed by atoms with van der Waals surface area (Å²) in [5, 5.41) is 0. The fourth-order valence-electron chi connectivity index (χ4n) is 4.13. The number of piperidine rings is 1. The molecule has 0 N–H and O–H groups in total. The number of likely N-dealkylation sites (tertiary alicyclic amines) is 1. The van der Waals surface area contributed by atoms with Crippen molar-refractivity contribution in [3.63, 3.8) is 0 Å². The zero-order chi connectivity index (χ0) is 21.8. The summed E-state index contributed by atoms with van der Waals surface area (Å²) >= 11 is 3.40. The lowest BCUT2D eigenvalue weighted by molar-refractivity contribution is -0.123. The molecule has 3 aromatic rings. The molecule has 2 amide bonds. The Morgan fingerprint density at radius 3 is 2.16 bits per heavy atom. The first-order chi connectivity index (χ1) is 15.0. The Kier molecular flexibility index (Phi) is 6.52. The van der Waals surface area contributed by atoms with Crippen LogP contribution in [0.1, 0.15) is 23.2 Å². The van der Waals surface area contributed by atoms with Crippen LogP contribution in [0.5, 0.6) is 0 Å². The third-order valence-electron chi connectivity index (χ3n) is 5.90. The summed E-state index contributed by atoms with van der Waals surface area (Å²) in [6, 6.07) is 25.5. The Morgan fingerprint density at radius 1 is 0.871 bits per heavy atom. The Morgan fingerprint density at radius 2 is 1.48 bits per heavy atom. The standard InChI is InChI=1S/C26H25BrN2O2/c1-28(24-10-6-5-9-23(24)19-7-3-2-4-8-19)25(30)21-15-17-29(18-16-21)26(31)20-11-13-22(27)14-12-20/h2-14,21H,15-18H2,1H3. The third-order valence-corrected chi connectivity index (χ3v) is 6.43. The summed E-state index contributed by atoms with van der Waals surface area (Å²) in [5.41, 5.74) is 3.73. The predicted molar refractivity (Wildman–Crippen MR) is 128 cm³/mol. The van der Waals surface area contributed by atoms with Crippen molar-refractivity contribution in [2.75, 3.05) is 25.0 Å². The smallest absolute Gasteiger partial charge is 0.253 e. The average Bonchev–Trinajstić information content (AvgIpc) is 2.84. The summed E-state index contributed by atoms with van der Waals surface area (Å²) < 4.78 is 0.951. The highest BCUT2D eigenvalue weighted by Gasteiger charge is 2.30. The molecule has 4 rings (SSSR count). The minimum Gasteiger partial charge on any atom is -0.339 e.